The van der Waals surface area contributed by atoms with Crippen molar-refractivity contribution in [2.45, 2.75) is 45.4 Å². The Morgan fingerprint density at radius 1 is 1.21 bits per heavy atom. The molecule has 0 aliphatic carbocycles. The van der Waals surface area contributed by atoms with Crippen molar-refractivity contribution in [2.75, 3.05) is 0 Å². The molecule has 2 atom stereocenters. The molecule has 0 saturated heterocycles. The van der Waals surface area contributed by atoms with Crippen LogP contribution >= 0.6 is 31.5 Å². The fourth-order valence-electron chi connectivity index (χ4n) is 4.83. The molecule has 2 aromatic heterocycles. The normalized spacial score (nSPS) is 19.2. The summed E-state index contributed by atoms with van der Waals surface area (Å²) in [6.45, 7) is 3.69. The highest BCUT2D eigenvalue weighted by atomic mass is 35.5. The van der Waals surface area contributed by atoms with E-state index in [2.05, 4.69) is 0 Å². The second kappa shape index (κ2) is 7.86. The Bertz CT molecular complexity index is 1450. The molecular formula is C22H18Cl2N2O6P+. The van der Waals surface area contributed by atoms with Crippen LogP contribution in [0.3, 0.4) is 0 Å². The largest absolute Gasteiger partial charge is 0.696 e. The van der Waals surface area contributed by atoms with Crippen LogP contribution in [0.15, 0.2) is 23.0 Å². The van der Waals surface area contributed by atoms with Gasteiger partial charge in [-0.05, 0) is 36.6 Å². The minimum absolute atomic E-state index is 0.00961. The van der Waals surface area contributed by atoms with Crippen LogP contribution in [0.2, 0.25) is 10.0 Å². The van der Waals surface area contributed by atoms with Crippen molar-refractivity contribution in [3.63, 3.8) is 0 Å². The molecule has 2 aliphatic heterocycles. The number of fused-ring (bicyclic) bond motifs is 5. The predicted molar refractivity (Wildman–Crippen MR) is 123 cm³/mol. The van der Waals surface area contributed by atoms with Crippen LogP contribution in [-0.2, 0) is 43.8 Å². The number of nitrogens with zero attached hydrogens (tertiary/aromatic N) is 2. The number of esters is 1. The van der Waals surface area contributed by atoms with Gasteiger partial charge in [0, 0.05) is 21.1 Å². The van der Waals surface area contributed by atoms with E-state index in [1.54, 1.807) is 29.7 Å². The van der Waals surface area contributed by atoms with Gasteiger partial charge < -0.3 is 9.30 Å². The molecule has 170 valence electrons. The van der Waals surface area contributed by atoms with Gasteiger partial charge in [-0.2, -0.15) is 0 Å². The number of benzene rings is 1. The van der Waals surface area contributed by atoms with E-state index in [4.69, 9.17) is 37.4 Å². The first-order chi connectivity index (χ1) is 15.7. The second-order valence-corrected chi connectivity index (χ2v) is 9.43. The quantitative estimate of drug-likeness (QED) is 0.317. The van der Waals surface area contributed by atoms with Crippen molar-refractivity contribution < 1.29 is 23.5 Å². The molecule has 5 rings (SSSR count). The number of hydrogen-bond acceptors (Lipinski definition) is 6. The smallest absolute Gasteiger partial charge is 0.458 e. The van der Waals surface area contributed by atoms with Gasteiger partial charge in [-0.3, -0.25) is 4.79 Å². The second-order valence-electron chi connectivity index (χ2n) is 7.95. The Morgan fingerprint density at radius 2 is 1.94 bits per heavy atom. The first-order valence-corrected chi connectivity index (χ1v) is 12.2. The summed E-state index contributed by atoms with van der Waals surface area (Å²) in [4.78, 5) is 40.4. The van der Waals surface area contributed by atoms with Crippen molar-refractivity contribution in [3.8, 4) is 11.4 Å². The average molecular weight is 508 g/mol. The molecule has 0 amide bonds. The molecule has 0 radical (unpaired) electrons. The molecule has 0 spiro atoms. The summed E-state index contributed by atoms with van der Waals surface area (Å²) >= 11 is 12.5. The summed E-state index contributed by atoms with van der Waals surface area (Å²) in [7, 11) is -3.14. The van der Waals surface area contributed by atoms with E-state index >= 15 is 0 Å². The highest BCUT2D eigenvalue weighted by Gasteiger charge is 2.54. The summed E-state index contributed by atoms with van der Waals surface area (Å²) in [6.07, 6.45) is 0.687. The van der Waals surface area contributed by atoms with E-state index in [1.807, 2.05) is 6.92 Å². The zero-order chi connectivity index (χ0) is 23.7. The van der Waals surface area contributed by atoms with Crippen molar-refractivity contribution in [3.05, 3.63) is 60.9 Å². The molecule has 4 heterocycles. The van der Waals surface area contributed by atoms with E-state index in [0.717, 1.165) is 16.5 Å². The van der Waals surface area contributed by atoms with Gasteiger partial charge >= 0.3 is 14.2 Å². The molecule has 33 heavy (non-hydrogen) atoms. The van der Waals surface area contributed by atoms with Crippen LogP contribution in [0.4, 0.5) is 0 Å². The third-order valence-electron chi connectivity index (χ3n) is 6.40. The number of carbonyl (C=O) groups is 1. The number of rotatable bonds is 4. The molecule has 11 heteroatoms. The van der Waals surface area contributed by atoms with Gasteiger partial charge in [0.15, 0.2) is 0 Å². The van der Waals surface area contributed by atoms with E-state index in [9.17, 15) is 19.0 Å². The number of pyridine rings is 2. The first-order valence-electron chi connectivity index (χ1n) is 10.3. The number of ether oxygens (including phenoxy) is 1. The molecule has 3 aromatic rings. The van der Waals surface area contributed by atoms with E-state index in [-0.39, 0.29) is 29.7 Å². The molecule has 0 fully saturated rings. The third-order valence-corrected chi connectivity index (χ3v) is 7.59. The zero-order valence-electron chi connectivity index (χ0n) is 17.6. The lowest BCUT2D eigenvalue weighted by atomic mass is 9.86. The molecular weight excluding hydrogens is 490 g/mol. The molecule has 1 N–H and O–H groups in total. The number of halogens is 2. The minimum Gasteiger partial charge on any atom is -0.458 e. The van der Waals surface area contributed by atoms with E-state index in [0.29, 0.717) is 39.9 Å². The minimum atomic E-state index is -3.14. The van der Waals surface area contributed by atoms with E-state index in [1.165, 1.54) is 0 Å². The number of hydrogen-bond donors (Lipinski definition) is 1. The van der Waals surface area contributed by atoms with Gasteiger partial charge in [0.25, 0.3) is 5.56 Å². The molecule has 0 bridgehead atoms. The summed E-state index contributed by atoms with van der Waals surface area (Å²) < 4.78 is 23.6. The van der Waals surface area contributed by atoms with Crippen molar-refractivity contribution in [2.24, 2.45) is 0 Å². The Balaban J connectivity index is 1.83. The number of aromatic nitrogens is 2. The van der Waals surface area contributed by atoms with Crippen LogP contribution in [0.5, 0.6) is 0 Å². The van der Waals surface area contributed by atoms with Gasteiger partial charge in [-0.15, -0.1) is 4.89 Å². The van der Waals surface area contributed by atoms with E-state index < -0.39 is 19.8 Å². The summed E-state index contributed by atoms with van der Waals surface area (Å²) in [5, 5.41) is 1.65. The highest BCUT2D eigenvalue weighted by molar-refractivity contribution is 7.32. The van der Waals surface area contributed by atoms with Gasteiger partial charge in [0.1, 0.15) is 6.61 Å². The third kappa shape index (κ3) is 3.16. The zero-order valence-corrected chi connectivity index (χ0v) is 20.1. The fourth-order valence-corrected chi connectivity index (χ4v) is 5.72. The maximum absolute atomic E-state index is 13.5. The Labute approximate surface area is 199 Å². The van der Waals surface area contributed by atoms with Gasteiger partial charge in [-0.1, -0.05) is 41.6 Å². The van der Waals surface area contributed by atoms with Crippen LogP contribution in [0.25, 0.3) is 22.3 Å². The predicted octanol–water partition coefficient (Wildman–Crippen LogP) is 4.62. The van der Waals surface area contributed by atoms with Gasteiger partial charge in [-0.25, -0.2) is 9.78 Å². The Hall–Kier alpha value is -2.35. The lowest BCUT2D eigenvalue weighted by molar-refractivity contribution is -0.169. The topological polar surface area (TPSA) is 108 Å². The van der Waals surface area contributed by atoms with Crippen molar-refractivity contribution in [1.29, 1.82) is 0 Å². The summed E-state index contributed by atoms with van der Waals surface area (Å²) in [5.74, 6) is -0.806. The molecule has 1 unspecified atom stereocenters. The van der Waals surface area contributed by atoms with Crippen molar-refractivity contribution >= 4 is 48.3 Å². The number of aryl methyl sites for hydroxylation is 1. The molecule has 0 saturated carbocycles. The Morgan fingerprint density at radius 3 is 2.61 bits per heavy atom. The van der Waals surface area contributed by atoms with Crippen LogP contribution in [0.1, 0.15) is 42.5 Å². The van der Waals surface area contributed by atoms with Crippen LogP contribution in [-0.4, -0.2) is 20.4 Å². The number of cyclic esters (lactones) is 1. The molecule has 2 aliphatic rings. The van der Waals surface area contributed by atoms with Gasteiger partial charge in [0.2, 0.25) is 5.60 Å². The lowest BCUT2D eigenvalue weighted by Gasteiger charge is -2.31. The summed E-state index contributed by atoms with van der Waals surface area (Å²) in [6, 6.07) is 5.12. The molecule has 8 nitrogen and oxygen atoms in total. The van der Waals surface area contributed by atoms with Gasteiger partial charge in [0.05, 0.1) is 39.1 Å². The summed E-state index contributed by atoms with van der Waals surface area (Å²) in [5.41, 5.74) is 1.85. The number of carbonyl (C=O) groups excluding carboxylic acids is 1. The molecule has 1 aromatic carbocycles. The lowest BCUT2D eigenvalue weighted by Crippen LogP contribution is -2.45. The fraction of sp³-hybridized carbons (Fsp3) is 0.318. The Kier molecular flexibility index (Phi) is 5.34. The SMILES string of the molecule is CCc1c2c(nc3cc(Cl)c(Cl)cc13)-c1cc3c(c(=O)n1C2)COC(=O)[C@@]3(CC)O[P+](=O)O. The first kappa shape index (κ1) is 22.4. The monoisotopic (exact) mass is 507 g/mol. The van der Waals surface area contributed by atoms with Crippen molar-refractivity contribution in [1.82, 2.24) is 9.55 Å². The standard InChI is InChI=1S/C22H17Cl2N2O6P/c1-3-10-11-5-15(23)16(24)7-17(11)25-19-12(10)8-26-18(19)6-14-13(20(26)27)9-31-21(28)22(14,4-2)32-33(29)30/h5-7H,3-4,8-9H2,1-2H3/p+1/t22-/m0/s1. The average Bonchev–Trinajstić information content (AvgIpc) is 3.13. The van der Waals surface area contributed by atoms with Crippen LogP contribution in [0, 0.1) is 0 Å². The highest BCUT2D eigenvalue weighted by Crippen LogP contribution is 2.45. The van der Waals surface area contributed by atoms with Crippen LogP contribution < -0.4 is 5.56 Å². The maximum Gasteiger partial charge on any atom is 0.696 e. The maximum atomic E-state index is 13.5.